The van der Waals surface area contributed by atoms with E-state index in [1.165, 1.54) is 17.9 Å². The van der Waals surface area contributed by atoms with Crippen LogP contribution in [0.25, 0.3) is 0 Å². The molecule has 10 heteroatoms. The number of anilines is 2. The molecule has 3 saturated heterocycles. The van der Waals surface area contributed by atoms with Crippen LogP contribution >= 0.6 is 0 Å². The first kappa shape index (κ1) is 20.9. The van der Waals surface area contributed by atoms with Gasteiger partial charge in [-0.15, -0.1) is 0 Å². The van der Waals surface area contributed by atoms with Crippen LogP contribution in [0.3, 0.4) is 0 Å². The maximum Gasteiger partial charge on any atom is 0.414 e. The zero-order chi connectivity index (χ0) is 21.5. The van der Waals surface area contributed by atoms with Crippen LogP contribution in [-0.2, 0) is 19.4 Å². The first-order valence-electron chi connectivity index (χ1n) is 10.2. The molecule has 1 aromatic rings. The standard InChI is InChI=1S/C20H26FN3O5S/c1-13(25)22-9-17-12-24(20(26)29-17)16-2-3-19(18(21)8-16)23-10-14-4-6-30(27,28)7-5-15(14)11-23/h2-3,8,14-15,17H,4-7,9-12H2,1H3,(H,22,25)/t14?,15?,17-/m0/s1. The van der Waals surface area contributed by atoms with E-state index in [4.69, 9.17) is 4.74 Å². The fraction of sp³-hybridized carbons (Fsp3) is 0.600. The van der Waals surface area contributed by atoms with Crippen LogP contribution in [-0.4, -0.2) is 64.2 Å². The van der Waals surface area contributed by atoms with Crippen molar-refractivity contribution >= 4 is 33.2 Å². The Kier molecular flexibility index (Phi) is 5.61. The van der Waals surface area contributed by atoms with E-state index >= 15 is 0 Å². The molecule has 0 saturated carbocycles. The van der Waals surface area contributed by atoms with Crippen molar-refractivity contribution in [3.05, 3.63) is 24.0 Å². The molecule has 1 N–H and O–H groups in total. The molecule has 3 aliphatic rings. The topological polar surface area (TPSA) is 96.0 Å². The van der Waals surface area contributed by atoms with Gasteiger partial charge in [-0.25, -0.2) is 17.6 Å². The molecular weight excluding hydrogens is 413 g/mol. The lowest BCUT2D eigenvalue weighted by atomic mass is 9.92. The first-order chi connectivity index (χ1) is 14.2. The number of hydrogen-bond donors (Lipinski definition) is 1. The zero-order valence-electron chi connectivity index (χ0n) is 16.8. The molecule has 164 valence electrons. The number of fused-ring (bicyclic) bond motifs is 1. The lowest BCUT2D eigenvalue weighted by Crippen LogP contribution is -2.33. The highest BCUT2D eigenvalue weighted by Gasteiger charge is 2.38. The summed E-state index contributed by atoms with van der Waals surface area (Å²) in [5, 5.41) is 2.61. The van der Waals surface area contributed by atoms with Crippen LogP contribution in [0.5, 0.6) is 0 Å². The van der Waals surface area contributed by atoms with E-state index in [1.807, 2.05) is 4.90 Å². The largest absolute Gasteiger partial charge is 0.442 e. The minimum atomic E-state index is -2.95. The minimum Gasteiger partial charge on any atom is -0.442 e. The van der Waals surface area contributed by atoms with E-state index < -0.39 is 27.9 Å². The Morgan fingerprint density at radius 3 is 2.47 bits per heavy atom. The SMILES string of the molecule is CC(=O)NC[C@H]1CN(c2ccc(N3CC4CCS(=O)(=O)CCC4C3)c(F)c2)C(=O)O1. The van der Waals surface area contributed by atoms with E-state index in [0.717, 1.165) is 0 Å². The molecule has 1 aromatic carbocycles. The molecule has 3 atom stereocenters. The van der Waals surface area contributed by atoms with Crippen molar-refractivity contribution < 1.29 is 27.1 Å². The summed E-state index contributed by atoms with van der Waals surface area (Å²) in [6.45, 7) is 3.12. The average Bonchev–Trinajstić information content (AvgIpc) is 3.23. The van der Waals surface area contributed by atoms with Crippen LogP contribution in [0.1, 0.15) is 19.8 Å². The van der Waals surface area contributed by atoms with Gasteiger partial charge >= 0.3 is 6.09 Å². The third-order valence-corrected chi connectivity index (χ3v) is 7.93. The quantitative estimate of drug-likeness (QED) is 0.765. The number of nitrogens with zero attached hydrogens (tertiary/aromatic N) is 2. The molecule has 0 spiro atoms. The van der Waals surface area contributed by atoms with Gasteiger partial charge in [0.25, 0.3) is 0 Å². The second-order valence-corrected chi connectivity index (χ2v) is 10.6. The Morgan fingerprint density at radius 2 is 1.87 bits per heavy atom. The molecule has 2 amide bonds. The van der Waals surface area contributed by atoms with Crippen LogP contribution in [0, 0.1) is 17.7 Å². The summed E-state index contributed by atoms with van der Waals surface area (Å²) in [4.78, 5) is 26.5. The van der Waals surface area contributed by atoms with E-state index in [0.29, 0.717) is 37.3 Å². The Morgan fingerprint density at radius 1 is 1.20 bits per heavy atom. The Bertz CT molecular complexity index is 932. The maximum atomic E-state index is 14.9. The number of nitrogens with one attached hydrogen (secondary N) is 1. The second kappa shape index (κ2) is 8.05. The summed E-state index contributed by atoms with van der Waals surface area (Å²) in [5.74, 6) is 0.295. The Labute approximate surface area is 175 Å². The number of rotatable bonds is 4. The zero-order valence-corrected chi connectivity index (χ0v) is 17.7. The molecule has 3 heterocycles. The predicted molar refractivity (Wildman–Crippen MR) is 110 cm³/mol. The molecule has 4 rings (SSSR count). The predicted octanol–water partition coefficient (Wildman–Crippen LogP) is 1.55. The number of benzene rings is 1. The van der Waals surface area contributed by atoms with Gasteiger partial charge < -0.3 is 15.0 Å². The third-order valence-electron chi connectivity index (χ3n) is 6.21. The fourth-order valence-electron chi connectivity index (χ4n) is 4.57. The molecule has 3 aliphatic heterocycles. The van der Waals surface area contributed by atoms with Crippen molar-refractivity contribution in [1.82, 2.24) is 5.32 Å². The van der Waals surface area contributed by atoms with E-state index in [9.17, 15) is 22.4 Å². The number of amides is 2. The lowest BCUT2D eigenvalue weighted by molar-refractivity contribution is -0.119. The van der Waals surface area contributed by atoms with E-state index in [2.05, 4.69) is 5.32 Å². The average molecular weight is 440 g/mol. The Balaban J connectivity index is 1.43. The molecule has 3 fully saturated rings. The van der Waals surface area contributed by atoms with Crippen molar-refractivity contribution in [2.75, 3.05) is 47.5 Å². The van der Waals surface area contributed by atoms with Gasteiger partial charge in [-0.1, -0.05) is 0 Å². The summed E-state index contributed by atoms with van der Waals surface area (Å²) < 4.78 is 43.9. The van der Waals surface area contributed by atoms with Gasteiger partial charge in [-0.2, -0.15) is 0 Å². The number of ether oxygens (including phenoxy) is 1. The van der Waals surface area contributed by atoms with E-state index in [-0.39, 0.29) is 42.3 Å². The van der Waals surface area contributed by atoms with Crippen molar-refractivity contribution in [2.24, 2.45) is 11.8 Å². The summed E-state index contributed by atoms with van der Waals surface area (Å²) >= 11 is 0. The highest BCUT2D eigenvalue weighted by atomic mass is 32.2. The second-order valence-electron chi connectivity index (χ2n) is 8.34. The number of halogens is 1. The fourth-order valence-corrected chi connectivity index (χ4v) is 6.10. The van der Waals surface area contributed by atoms with Crippen LogP contribution in [0.2, 0.25) is 0 Å². The number of carbonyl (C=O) groups is 2. The van der Waals surface area contributed by atoms with Gasteiger partial charge in [0.2, 0.25) is 5.91 Å². The highest BCUT2D eigenvalue weighted by Crippen LogP contribution is 2.37. The van der Waals surface area contributed by atoms with Crippen LogP contribution < -0.4 is 15.1 Å². The van der Waals surface area contributed by atoms with Gasteiger partial charge in [0.1, 0.15) is 21.8 Å². The summed E-state index contributed by atoms with van der Waals surface area (Å²) in [7, 11) is -2.95. The van der Waals surface area contributed by atoms with Crippen LogP contribution in [0.4, 0.5) is 20.6 Å². The summed E-state index contributed by atoms with van der Waals surface area (Å²) in [5.41, 5.74) is 0.878. The molecule has 0 bridgehead atoms. The van der Waals surface area contributed by atoms with Crippen molar-refractivity contribution in [3.63, 3.8) is 0 Å². The highest BCUT2D eigenvalue weighted by molar-refractivity contribution is 7.91. The monoisotopic (exact) mass is 439 g/mol. The number of cyclic esters (lactones) is 1. The molecular formula is C20H26FN3O5S. The molecule has 0 aromatic heterocycles. The van der Waals surface area contributed by atoms with Gasteiger partial charge in [-0.3, -0.25) is 9.69 Å². The van der Waals surface area contributed by atoms with Gasteiger partial charge in [-0.05, 0) is 42.9 Å². The van der Waals surface area contributed by atoms with Crippen LogP contribution in [0.15, 0.2) is 18.2 Å². The maximum absolute atomic E-state index is 14.9. The molecule has 2 unspecified atom stereocenters. The minimum absolute atomic E-state index is 0.208. The summed E-state index contributed by atoms with van der Waals surface area (Å²) in [6, 6.07) is 4.69. The van der Waals surface area contributed by atoms with E-state index in [1.54, 1.807) is 12.1 Å². The van der Waals surface area contributed by atoms with Crippen molar-refractivity contribution in [1.29, 1.82) is 0 Å². The van der Waals surface area contributed by atoms with Gasteiger partial charge in [0.15, 0.2) is 0 Å². The number of carbonyl (C=O) groups excluding carboxylic acids is 2. The smallest absolute Gasteiger partial charge is 0.414 e. The lowest BCUT2D eigenvalue weighted by Gasteiger charge is -2.21. The molecule has 0 radical (unpaired) electrons. The normalized spacial score (nSPS) is 28.1. The Hall–Kier alpha value is -2.36. The molecule has 8 nitrogen and oxygen atoms in total. The third kappa shape index (κ3) is 4.38. The summed E-state index contributed by atoms with van der Waals surface area (Å²) in [6.07, 6.45) is 0.199. The first-order valence-corrected chi connectivity index (χ1v) is 12.0. The number of sulfone groups is 1. The van der Waals surface area contributed by atoms with Gasteiger partial charge in [0.05, 0.1) is 36.0 Å². The number of hydrogen-bond acceptors (Lipinski definition) is 6. The van der Waals surface area contributed by atoms with Gasteiger partial charge in [0, 0.05) is 20.0 Å². The van der Waals surface area contributed by atoms with Crippen molar-refractivity contribution in [2.45, 2.75) is 25.9 Å². The molecule has 0 aliphatic carbocycles. The molecule has 30 heavy (non-hydrogen) atoms. The van der Waals surface area contributed by atoms with Crippen molar-refractivity contribution in [3.8, 4) is 0 Å².